The molecule has 0 radical (unpaired) electrons. The van der Waals surface area contributed by atoms with Crippen molar-refractivity contribution in [3.05, 3.63) is 34.8 Å². The van der Waals surface area contributed by atoms with Crippen molar-refractivity contribution >= 4 is 49.4 Å². The summed E-state index contributed by atoms with van der Waals surface area (Å²) < 4.78 is 1.03. The van der Waals surface area contributed by atoms with E-state index in [-0.39, 0.29) is 5.95 Å². The molecule has 0 spiro atoms. The Balaban J connectivity index is 2.55. The second-order valence-electron chi connectivity index (χ2n) is 3.79. The highest BCUT2D eigenvalue weighted by molar-refractivity contribution is 9.10. The van der Waals surface area contributed by atoms with Crippen LogP contribution in [-0.4, -0.2) is 9.97 Å². The molecule has 0 atom stereocenters. The van der Waals surface area contributed by atoms with Gasteiger partial charge in [0.2, 0.25) is 5.95 Å². The summed E-state index contributed by atoms with van der Waals surface area (Å²) in [4.78, 5) is 8.19. The molecular weight excluding hydrogens is 280 g/mol. The molecule has 0 fully saturated rings. The van der Waals surface area contributed by atoms with E-state index >= 15 is 0 Å². The first kappa shape index (κ1) is 10.3. The van der Waals surface area contributed by atoms with Crippen LogP contribution in [0.5, 0.6) is 0 Å². The van der Waals surface area contributed by atoms with E-state index in [0.29, 0.717) is 5.82 Å². The standard InChI is InChI=1S/C12H9BrN4/c13-7-2-3-8-6(5-7)1-4-9-10(8)11(14)17-12(15)16-9/h1-5H,(H4,14,15,16,17). The summed E-state index contributed by atoms with van der Waals surface area (Å²) in [5.74, 6) is 0.617. The number of benzene rings is 2. The van der Waals surface area contributed by atoms with Gasteiger partial charge >= 0.3 is 0 Å². The summed E-state index contributed by atoms with van der Waals surface area (Å²) in [6.45, 7) is 0. The zero-order valence-corrected chi connectivity index (χ0v) is 10.4. The third-order valence-electron chi connectivity index (χ3n) is 2.69. The smallest absolute Gasteiger partial charge is 0.222 e. The Labute approximate surface area is 106 Å². The molecule has 0 bridgehead atoms. The average Bonchev–Trinajstić information content (AvgIpc) is 2.28. The van der Waals surface area contributed by atoms with E-state index in [9.17, 15) is 0 Å². The van der Waals surface area contributed by atoms with Crippen molar-refractivity contribution in [1.82, 2.24) is 9.97 Å². The van der Waals surface area contributed by atoms with Crippen LogP contribution < -0.4 is 11.5 Å². The number of nitrogens with zero attached hydrogens (tertiary/aromatic N) is 2. The number of hydrogen-bond acceptors (Lipinski definition) is 4. The van der Waals surface area contributed by atoms with E-state index in [1.54, 1.807) is 0 Å². The summed E-state index contributed by atoms with van der Waals surface area (Å²) in [5.41, 5.74) is 12.3. The quantitative estimate of drug-likeness (QED) is 0.624. The average molecular weight is 289 g/mol. The molecule has 0 saturated carbocycles. The highest BCUT2D eigenvalue weighted by Gasteiger charge is 2.07. The molecule has 2 aromatic carbocycles. The van der Waals surface area contributed by atoms with Crippen molar-refractivity contribution in [3.63, 3.8) is 0 Å². The molecule has 0 unspecified atom stereocenters. The Morgan fingerprint density at radius 2 is 1.82 bits per heavy atom. The van der Waals surface area contributed by atoms with E-state index in [2.05, 4.69) is 25.9 Å². The van der Waals surface area contributed by atoms with Gasteiger partial charge in [-0.05, 0) is 29.0 Å². The van der Waals surface area contributed by atoms with Crippen LogP contribution >= 0.6 is 15.9 Å². The fourth-order valence-electron chi connectivity index (χ4n) is 1.98. The number of anilines is 2. The molecular formula is C12H9BrN4. The van der Waals surface area contributed by atoms with Crippen molar-refractivity contribution in [2.75, 3.05) is 11.5 Å². The molecule has 4 nitrogen and oxygen atoms in total. The van der Waals surface area contributed by atoms with E-state index in [1.165, 1.54) is 0 Å². The predicted octanol–water partition coefficient (Wildman–Crippen LogP) is 2.71. The minimum Gasteiger partial charge on any atom is -0.383 e. The van der Waals surface area contributed by atoms with Gasteiger partial charge < -0.3 is 11.5 Å². The minimum atomic E-state index is 0.200. The first-order valence-corrected chi connectivity index (χ1v) is 5.85. The lowest BCUT2D eigenvalue weighted by molar-refractivity contribution is 1.25. The van der Waals surface area contributed by atoms with Crippen molar-refractivity contribution in [1.29, 1.82) is 0 Å². The van der Waals surface area contributed by atoms with Crippen LogP contribution in [0.25, 0.3) is 21.7 Å². The molecule has 0 aliphatic heterocycles. The number of nitrogen functional groups attached to an aromatic ring is 2. The first-order valence-electron chi connectivity index (χ1n) is 5.06. The minimum absolute atomic E-state index is 0.200. The number of fused-ring (bicyclic) bond motifs is 3. The maximum Gasteiger partial charge on any atom is 0.222 e. The van der Waals surface area contributed by atoms with E-state index in [0.717, 1.165) is 26.1 Å². The first-order chi connectivity index (χ1) is 8.15. The molecule has 0 aliphatic carbocycles. The van der Waals surface area contributed by atoms with Crippen molar-refractivity contribution in [2.45, 2.75) is 0 Å². The van der Waals surface area contributed by atoms with Crippen molar-refractivity contribution < 1.29 is 0 Å². The van der Waals surface area contributed by atoms with Gasteiger partial charge in [0.05, 0.1) is 10.9 Å². The van der Waals surface area contributed by atoms with Gasteiger partial charge in [-0.15, -0.1) is 0 Å². The molecule has 0 saturated heterocycles. The molecule has 5 heteroatoms. The monoisotopic (exact) mass is 288 g/mol. The van der Waals surface area contributed by atoms with Crippen LogP contribution in [0, 0.1) is 0 Å². The Hall–Kier alpha value is -1.88. The summed E-state index contributed by atoms with van der Waals surface area (Å²) in [5, 5.41) is 2.97. The van der Waals surface area contributed by atoms with Crippen molar-refractivity contribution in [2.24, 2.45) is 0 Å². The topological polar surface area (TPSA) is 77.8 Å². The third-order valence-corrected chi connectivity index (χ3v) is 3.18. The normalized spacial score (nSPS) is 11.1. The van der Waals surface area contributed by atoms with Gasteiger partial charge in [-0.2, -0.15) is 4.98 Å². The zero-order valence-electron chi connectivity index (χ0n) is 8.81. The molecule has 0 amide bonds. The van der Waals surface area contributed by atoms with Gasteiger partial charge in [-0.3, -0.25) is 0 Å². The van der Waals surface area contributed by atoms with Gasteiger partial charge in [0, 0.05) is 4.47 Å². The molecule has 4 N–H and O–H groups in total. The Morgan fingerprint density at radius 1 is 1.00 bits per heavy atom. The number of hydrogen-bond donors (Lipinski definition) is 2. The SMILES string of the molecule is Nc1nc(N)c2c(ccc3cc(Br)ccc32)n1. The number of nitrogens with two attached hydrogens (primary N) is 2. The fraction of sp³-hybridized carbons (Fsp3) is 0. The van der Waals surface area contributed by atoms with Crippen LogP contribution in [0.15, 0.2) is 34.8 Å². The summed E-state index contributed by atoms with van der Waals surface area (Å²) in [6.07, 6.45) is 0. The Morgan fingerprint density at radius 3 is 2.65 bits per heavy atom. The summed E-state index contributed by atoms with van der Waals surface area (Å²) in [7, 11) is 0. The van der Waals surface area contributed by atoms with Gasteiger partial charge in [0.1, 0.15) is 5.82 Å². The van der Waals surface area contributed by atoms with Crippen molar-refractivity contribution in [3.8, 4) is 0 Å². The maximum atomic E-state index is 5.92. The van der Waals surface area contributed by atoms with E-state index < -0.39 is 0 Å². The lowest BCUT2D eigenvalue weighted by Crippen LogP contribution is -2.00. The van der Waals surface area contributed by atoms with Crippen LogP contribution in [0.4, 0.5) is 11.8 Å². The maximum absolute atomic E-state index is 5.92. The molecule has 3 aromatic rings. The molecule has 17 heavy (non-hydrogen) atoms. The summed E-state index contributed by atoms with van der Waals surface area (Å²) in [6, 6.07) is 9.90. The number of rotatable bonds is 0. The highest BCUT2D eigenvalue weighted by atomic mass is 79.9. The van der Waals surface area contributed by atoms with Crippen LogP contribution in [0.2, 0.25) is 0 Å². The Kier molecular flexibility index (Phi) is 2.16. The van der Waals surface area contributed by atoms with Gasteiger partial charge in [-0.25, -0.2) is 4.98 Å². The molecule has 84 valence electrons. The van der Waals surface area contributed by atoms with E-state index in [1.807, 2.05) is 30.3 Å². The lowest BCUT2D eigenvalue weighted by Gasteiger charge is -2.06. The third kappa shape index (κ3) is 1.59. The van der Waals surface area contributed by atoms with Gasteiger partial charge in [-0.1, -0.05) is 28.1 Å². The molecule has 0 aliphatic rings. The predicted molar refractivity (Wildman–Crippen MR) is 73.6 cm³/mol. The highest BCUT2D eigenvalue weighted by Crippen LogP contribution is 2.29. The molecule has 3 rings (SSSR count). The lowest BCUT2D eigenvalue weighted by atomic mass is 10.1. The zero-order chi connectivity index (χ0) is 12.0. The van der Waals surface area contributed by atoms with Gasteiger partial charge in [0.25, 0.3) is 0 Å². The second-order valence-corrected chi connectivity index (χ2v) is 4.71. The van der Waals surface area contributed by atoms with Crippen LogP contribution in [0.1, 0.15) is 0 Å². The van der Waals surface area contributed by atoms with E-state index in [4.69, 9.17) is 11.5 Å². The number of aromatic nitrogens is 2. The van der Waals surface area contributed by atoms with Crippen LogP contribution in [-0.2, 0) is 0 Å². The fourth-order valence-corrected chi connectivity index (χ4v) is 2.36. The largest absolute Gasteiger partial charge is 0.383 e. The van der Waals surface area contributed by atoms with Crippen LogP contribution in [0.3, 0.4) is 0 Å². The van der Waals surface area contributed by atoms with Gasteiger partial charge in [0.15, 0.2) is 0 Å². The Bertz CT molecular complexity index is 739. The summed E-state index contributed by atoms with van der Waals surface area (Å²) >= 11 is 3.44. The number of halogens is 1. The second kappa shape index (κ2) is 3.56. The molecule has 1 aromatic heterocycles. The molecule has 1 heterocycles.